The summed E-state index contributed by atoms with van der Waals surface area (Å²) in [7, 11) is 0. The fourth-order valence-corrected chi connectivity index (χ4v) is 1.72. The zero-order valence-corrected chi connectivity index (χ0v) is 12.2. The van der Waals surface area contributed by atoms with E-state index >= 15 is 0 Å². The van der Waals surface area contributed by atoms with Gasteiger partial charge in [-0.1, -0.05) is 38.3 Å². The molecule has 108 valence electrons. The Kier molecular flexibility index (Phi) is 9.99. The van der Waals surface area contributed by atoms with Crippen molar-refractivity contribution in [2.24, 2.45) is 0 Å². The van der Waals surface area contributed by atoms with E-state index in [1.165, 1.54) is 19.3 Å². The molecule has 0 saturated carbocycles. The molecule has 0 spiro atoms. The standard InChI is InChI=1S/C15H22O3.ClH/c1-2-3-4-5-12-18-14-9-6-13(7-10-14)8-11-15(16)17;/h6-7,9-10H,2-5,8,11-12H2,1H3,(H,16,17);1H. The number of rotatable bonds is 9. The quantitative estimate of drug-likeness (QED) is 0.696. The van der Waals surface area contributed by atoms with Crippen LogP contribution in [0.5, 0.6) is 5.75 Å². The van der Waals surface area contributed by atoms with Gasteiger partial charge < -0.3 is 9.84 Å². The minimum Gasteiger partial charge on any atom is -0.494 e. The zero-order valence-electron chi connectivity index (χ0n) is 11.4. The van der Waals surface area contributed by atoms with Gasteiger partial charge in [-0.25, -0.2) is 0 Å². The summed E-state index contributed by atoms with van der Waals surface area (Å²) in [6.45, 7) is 2.95. The monoisotopic (exact) mass is 286 g/mol. The number of ether oxygens (including phenoxy) is 1. The molecular weight excluding hydrogens is 264 g/mol. The maximum atomic E-state index is 10.4. The van der Waals surface area contributed by atoms with Crippen LogP contribution in [0.25, 0.3) is 0 Å². The number of carboxylic acid groups (broad SMARTS) is 1. The molecule has 0 aliphatic heterocycles. The number of halogens is 1. The lowest BCUT2D eigenvalue weighted by Crippen LogP contribution is -1.99. The van der Waals surface area contributed by atoms with Crippen LogP contribution in [-0.4, -0.2) is 17.7 Å². The summed E-state index contributed by atoms with van der Waals surface area (Å²) >= 11 is 0. The summed E-state index contributed by atoms with van der Waals surface area (Å²) in [5.41, 5.74) is 1.04. The molecule has 1 aromatic rings. The highest BCUT2D eigenvalue weighted by atomic mass is 35.5. The van der Waals surface area contributed by atoms with E-state index in [0.717, 1.165) is 24.3 Å². The van der Waals surface area contributed by atoms with Crippen LogP contribution in [0.3, 0.4) is 0 Å². The van der Waals surface area contributed by atoms with Gasteiger partial charge in [0, 0.05) is 6.42 Å². The number of benzene rings is 1. The summed E-state index contributed by atoms with van der Waals surface area (Å²) in [5.74, 6) is 0.108. The highest BCUT2D eigenvalue weighted by Crippen LogP contribution is 2.14. The largest absolute Gasteiger partial charge is 0.494 e. The average Bonchev–Trinajstić information content (AvgIpc) is 2.37. The van der Waals surface area contributed by atoms with Gasteiger partial charge in [0.05, 0.1) is 6.61 Å². The first kappa shape index (κ1) is 17.8. The van der Waals surface area contributed by atoms with Crippen LogP contribution in [0, 0.1) is 0 Å². The lowest BCUT2D eigenvalue weighted by atomic mass is 10.1. The number of carboxylic acids is 1. The second-order valence-corrected chi connectivity index (χ2v) is 4.45. The predicted molar refractivity (Wildman–Crippen MR) is 79.3 cm³/mol. The number of hydrogen-bond donors (Lipinski definition) is 1. The van der Waals surface area contributed by atoms with Crippen molar-refractivity contribution in [3.8, 4) is 5.75 Å². The van der Waals surface area contributed by atoms with E-state index in [2.05, 4.69) is 6.92 Å². The first-order valence-electron chi connectivity index (χ1n) is 6.66. The van der Waals surface area contributed by atoms with Crippen molar-refractivity contribution in [1.82, 2.24) is 0 Å². The van der Waals surface area contributed by atoms with E-state index in [1.807, 2.05) is 24.3 Å². The number of hydrogen-bond acceptors (Lipinski definition) is 2. The van der Waals surface area contributed by atoms with Crippen molar-refractivity contribution < 1.29 is 14.6 Å². The topological polar surface area (TPSA) is 46.5 Å². The van der Waals surface area contributed by atoms with Crippen LogP contribution in [0.2, 0.25) is 0 Å². The van der Waals surface area contributed by atoms with Crippen molar-refractivity contribution in [3.63, 3.8) is 0 Å². The third kappa shape index (κ3) is 8.49. The van der Waals surface area contributed by atoms with Crippen LogP contribution in [-0.2, 0) is 11.2 Å². The van der Waals surface area contributed by atoms with Crippen molar-refractivity contribution in [1.29, 1.82) is 0 Å². The molecule has 4 heteroatoms. The number of carbonyl (C=O) groups is 1. The zero-order chi connectivity index (χ0) is 13.2. The summed E-state index contributed by atoms with van der Waals surface area (Å²) in [6, 6.07) is 7.70. The Balaban J connectivity index is 0.00000324. The molecule has 0 aromatic heterocycles. The molecule has 0 amide bonds. The van der Waals surface area contributed by atoms with Crippen LogP contribution in [0.1, 0.15) is 44.6 Å². The molecule has 0 heterocycles. The van der Waals surface area contributed by atoms with Gasteiger partial charge in [-0.2, -0.15) is 0 Å². The van der Waals surface area contributed by atoms with Gasteiger partial charge in [0.1, 0.15) is 5.75 Å². The maximum absolute atomic E-state index is 10.4. The maximum Gasteiger partial charge on any atom is 0.303 e. The lowest BCUT2D eigenvalue weighted by molar-refractivity contribution is -0.136. The molecule has 0 unspecified atom stereocenters. The van der Waals surface area contributed by atoms with Gasteiger partial charge in [0.15, 0.2) is 0 Å². The molecule has 0 bridgehead atoms. The summed E-state index contributed by atoms with van der Waals surface area (Å²) in [5, 5.41) is 8.59. The lowest BCUT2D eigenvalue weighted by Gasteiger charge is -2.06. The molecule has 3 nitrogen and oxygen atoms in total. The second-order valence-electron chi connectivity index (χ2n) is 4.45. The van der Waals surface area contributed by atoms with E-state index < -0.39 is 5.97 Å². The molecule has 1 aromatic carbocycles. The molecule has 0 aliphatic rings. The Bertz CT molecular complexity index is 349. The van der Waals surface area contributed by atoms with Crippen molar-refractivity contribution in [2.45, 2.75) is 45.4 Å². The Hall–Kier alpha value is -1.22. The van der Waals surface area contributed by atoms with Gasteiger partial charge in [-0.15, -0.1) is 12.4 Å². The van der Waals surface area contributed by atoms with Crippen LogP contribution < -0.4 is 4.74 Å². The number of aryl methyl sites for hydroxylation is 1. The minimum atomic E-state index is -0.758. The van der Waals surface area contributed by atoms with Crippen LogP contribution in [0.15, 0.2) is 24.3 Å². The third-order valence-electron chi connectivity index (χ3n) is 2.82. The molecule has 0 fully saturated rings. The average molecular weight is 287 g/mol. The van der Waals surface area contributed by atoms with E-state index in [9.17, 15) is 4.79 Å². The molecule has 1 N–H and O–H groups in total. The first-order chi connectivity index (χ1) is 8.72. The molecule has 0 saturated heterocycles. The fourth-order valence-electron chi connectivity index (χ4n) is 1.72. The summed E-state index contributed by atoms with van der Waals surface area (Å²) in [6.07, 6.45) is 5.56. The Morgan fingerprint density at radius 2 is 1.84 bits per heavy atom. The third-order valence-corrected chi connectivity index (χ3v) is 2.82. The van der Waals surface area contributed by atoms with Gasteiger partial charge in [0.25, 0.3) is 0 Å². The molecule has 19 heavy (non-hydrogen) atoms. The highest BCUT2D eigenvalue weighted by molar-refractivity contribution is 5.85. The van der Waals surface area contributed by atoms with E-state index in [-0.39, 0.29) is 18.8 Å². The van der Waals surface area contributed by atoms with Crippen LogP contribution in [0.4, 0.5) is 0 Å². The molecule has 0 atom stereocenters. The minimum absolute atomic E-state index is 0. The van der Waals surface area contributed by atoms with Gasteiger partial charge in [-0.3, -0.25) is 4.79 Å². The van der Waals surface area contributed by atoms with Crippen LogP contribution >= 0.6 is 12.4 Å². The molecule has 1 rings (SSSR count). The smallest absolute Gasteiger partial charge is 0.303 e. The van der Waals surface area contributed by atoms with Gasteiger partial charge in [-0.05, 0) is 30.5 Å². The highest BCUT2D eigenvalue weighted by Gasteiger charge is 2.00. The Morgan fingerprint density at radius 1 is 1.16 bits per heavy atom. The summed E-state index contributed by atoms with van der Waals surface area (Å²) in [4.78, 5) is 10.4. The molecule has 0 radical (unpaired) electrons. The second kappa shape index (κ2) is 10.7. The normalized spacial score (nSPS) is 9.74. The van der Waals surface area contributed by atoms with Gasteiger partial charge >= 0.3 is 5.97 Å². The SMILES string of the molecule is CCCCCCOc1ccc(CCC(=O)O)cc1.Cl. The van der Waals surface area contributed by atoms with E-state index in [0.29, 0.717) is 6.42 Å². The van der Waals surface area contributed by atoms with Crippen molar-refractivity contribution in [2.75, 3.05) is 6.61 Å². The molecular formula is C15H23ClO3. The fraction of sp³-hybridized carbons (Fsp3) is 0.533. The number of aliphatic carboxylic acids is 1. The van der Waals surface area contributed by atoms with Crippen molar-refractivity contribution >= 4 is 18.4 Å². The Labute approximate surface area is 121 Å². The molecule has 0 aliphatic carbocycles. The first-order valence-corrected chi connectivity index (χ1v) is 6.66. The number of unbranched alkanes of at least 4 members (excludes halogenated alkanes) is 3. The summed E-state index contributed by atoms with van der Waals surface area (Å²) < 4.78 is 5.62. The van der Waals surface area contributed by atoms with Gasteiger partial charge in [0.2, 0.25) is 0 Å². The predicted octanol–water partition coefficient (Wildman–Crippen LogP) is 4.08. The van der Waals surface area contributed by atoms with E-state index in [1.54, 1.807) is 0 Å². The Morgan fingerprint density at radius 3 is 2.42 bits per heavy atom. The van der Waals surface area contributed by atoms with Crippen molar-refractivity contribution in [3.05, 3.63) is 29.8 Å². The van der Waals surface area contributed by atoms with E-state index in [4.69, 9.17) is 9.84 Å².